The van der Waals surface area contributed by atoms with Crippen LogP contribution in [0.15, 0.2) is 18.2 Å². The Balaban J connectivity index is 2.79. The van der Waals surface area contributed by atoms with Crippen molar-refractivity contribution in [2.24, 2.45) is 5.92 Å². The Hall–Kier alpha value is -1.65. The summed E-state index contributed by atoms with van der Waals surface area (Å²) in [6, 6.07) is 3.84. The van der Waals surface area contributed by atoms with Gasteiger partial charge in [-0.1, -0.05) is 19.9 Å². The lowest BCUT2D eigenvalue weighted by molar-refractivity contribution is -0.142. The molecule has 16 heavy (non-hydrogen) atoms. The standard InChI is InChI=1S/C11H15FN2O2/c1-7(2)10(11(15)16-3)14-9-6-4-5-8(12)13-9/h4-7,10H,1-3H3,(H,13,14). The van der Waals surface area contributed by atoms with Crippen LogP contribution < -0.4 is 5.32 Å². The fraction of sp³-hybridized carbons (Fsp3) is 0.455. The SMILES string of the molecule is COC(=O)C(Nc1cccc(F)n1)C(C)C. The van der Waals surface area contributed by atoms with Crippen molar-refractivity contribution < 1.29 is 13.9 Å². The van der Waals surface area contributed by atoms with E-state index in [1.807, 2.05) is 13.8 Å². The summed E-state index contributed by atoms with van der Waals surface area (Å²) in [5.41, 5.74) is 0. The summed E-state index contributed by atoms with van der Waals surface area (Å²) in [6.07, 6.45) is 0. The molecule has 1 atom stereocenters. The number of pyridine rings is 1. The summed E-state index contributed by atoms with van der Waals surface area (Å²) < 4.78 is 17.5. The molecular weight excluding hydrogens is 211 g/mol. The van der Waals surface area contributed by atoms with Gasteiger partial charge in [-0.15, -0.1) is 0 Å². The summed E-state index contributed by atoms with van der Waals surface area (Å²) in [5, 5.41) is 2.84. The Bertz CT molecular complexity index is 369. The van der Waals surface area contributed by atoms with E-state index >= 15 is 0 Å². The number of ether oxygens (including phenoxy) is 1. The van der Waals surface area contributed by atoms with Crippen molar-refractivity contribution in [2.75, 3.05) is 12.4 Å². The second kappa shape index (κ2) is 5.44. The Labute approximate surface area is 93.8 Å². The first-order valence-corrected chi connectivity index (χ1v) is 5.01. The van der Waals surface area contributed by atoms with Crippen molar-refractivity contribution in [3.63, 3.8) is 0 Å². The molecule has 1 aromatic rings. The zero-order chi connectivity index (χ0) is 12.1. The fourth-order valence-electron chi connectivity index (χ4n) is 1.27. The molecule has 0 bridgehead atoms. The smallest absolute Gasteiger partial charge is 0.328 e. The second-order valence-electron chi connectivity index (χ2n) is 3.73. The molecule has 1 rings (SSSR count). The van der Waals surface area contributed by atoms with Crippen LogP contribution in [-0.2, 0) is 9.53 Å². The molecule has 1 aromatic heterocycles. The van der Waals surface area contributed by atoms with Crippen molar-refractivity contribution in [3.8, 4) is 0 Å². The second-order valence-corrected chi connectivity index (χ2v) is 3.73. The zero-order valence-electron chi connectivity index (χ0n) is 9.53. The quantitative estimate of drug-likeness (QED) is 0.628. The number of carbonyl (C=O) groups is 1. The van der Waals surface area contributed by atoms with Crippen molar-refractivity contribution >= 4 is 11.8 Å². The Kier molecular flexibility index (Phi) is 4.22. The molecule has 0 aliphatic carbocycles. The molecule has 0 aromatic carbocycles. The van der Waals surface area contributed by atoms with Crippen molar-refractivity contribution in [1.82, 2.24) is 4.98 Å². The molecule has 1 unspecified atom stereocenters. The number of hydrogen-bond donors (Lipinski definition) is 1. The van der Waals surface area contributed by atoms with Gasteiger partial charge < -0.3 is 10.1 Å². The number of hydrogen-bond acceptors (Lipinski definition) is 4. The van der Waals surface area contributed by atoms with E-state index in [4.69, 9.17) is 0 Å². The zero-order valence-corrected chi connectivity index (χ0v) is 9.53. The topological polar surface area (TPSA) is 51.2 Å². The third-order valence-electron chi connectivity index (χ3n) is 2.14. The summed E-state index contributed by atoms with van der Waals surface area (Å²) in [6.45, 7) is 3.74. The monoisotopic (exact) mass is 226 g/mol. The molecule has 88 valence electrons. The van der Waals surface area contributed by atoms with Gasteiger partial charge in [0.05, 0.1) is 7.11 Å². The molecule has 0 saturated carbocycles. The molecule has 0 fully saturated rings. The highest BCUT2D eigenvalue weighted by Crippen LogP contribution is 2.11. The average molecular weight is 226 g/mol. The summed E-state index contributed by atoms with van der Waals surface area (Å²) >= 11 is 0. The van der Waals surface area contributed by atoms with Gasteiger partial charge in [0.25, 0.3) is 0 Å². The number of aromatic nitrogens is 1. The first-order chi connectivity index (χ1) is 7.54. The molecule has 1 heterocycles. The van der Waals surface area contributed by atoms with Crippen LogP contribution in [-0.4, -0.2) is 24.1 Å². The van der Waals surface area contributed by atoms with E-state index in [9.17, 15) is 9.18 Å². The highest BCUT2D eigenvalue weighted by atomic mass is 19.1. The van der Waals surface area contributed by atoms with Crippen LogP contribution in [0.25, 0.3) is 0 Å². The minimum Gasteiger partial charge on any atom is -0.467 e. The van der Waals surface area contributed by atoms with Gasteiger partial charge >= 0.3 is 5.97 Å². The van der Waals surface area contributed by atoms with E-state index in [0.29, 0.717) is 5.82 Å². The number of nitrogens with zero attached hydrogens (tertiary/aromatic N) is 1. The maximum absolute atomic E-state index is 12.8. The van der Waals surface area contributed by atoms with Crippen LogP contribution in [0.5, 0.6) is 0 Å². The van der Waals surface area contributed by atoms with Gasteiger partial charge in [0.2, 0.25) is 5.95 Å². The van der Waals surface area contributed by atoms with Crippen LogP contribution in [0, 0.1) is 11.9 Å². The highest BCUT2D eigenvalue weighted by molar-refractivity contribution is 5.79. The third kappa shape index (κ3) is 3.18. The van der Waals surface area contributed by atoms with Gasteiger partial charge in [-0.25, -0.2) is 9.78 Å². The molecule has 0 amide bonds. The van der Waals surface area contributed by atoms with Crippen LogP contribution >= 0.6 is 0 Å². The lowest BCUT2D eigenvalue weighted by atomic mass is 10.0. The normalized spacial score (nSPS) is 12.3. The summed E-state index contributed by atoms with van der Waals surface area (Å²) in [4.78, 5) is 15.1. The van der Waals surface area contributed by atoms with E-state index in [2.05, 4.69) is 15.0 Å². The van der Waals surface area contributed by atoms with Crippen LogP contribution in [0.3, 0.4) is 0 Å². The molecule has 1 N–H and O–H groups in total. The summed E-state index contributed by atoms with van der Waals surface area (Å²) in [7, 11) is 1.32. The molecule has 0 radical (unpaired) electrons. The predicted molar refractivity (Wildman–Crippen MR) is 58.5 cm³/mol. The maximum Gasteiger partial charge on any atom is 0.328 e. The lowest BCUT2D eigenvalue weighted by Crippen LogP contribution is -2.35. The third-order valence-corrected chi connectivity index (χ3v) is 2.14. The Morgan fingerprint density at radius 1 is 1.50 bits per heavy atom. The van der Waals surface area contributed by atoms with Gasteiger partial charge in [0.1, 0.15) is 11.9 Å². The van der Waals surface area contributed by atoms with Crippen LogP contribution in [0.4, 0.5) is 10.2 Å². The molecule has 4 nitrogen and oxygen atoms in total. The molecule has 0 spiro atoms. The number of esters is 1. The largest absolute Gasteiger partial charge is 0.467 e. The number of nitrogens with one attached hydrogen (secondary N) is 1. The van der Waals surface area contributed by atoms with E-state index in [0.717, 1.165) is 0 Å². The summed E-state index contributed by atoms with van der Waals surface area (Å²) in [5.74, 6) is -0.625. The molecular formula is C11H15FN2O2. The average Bonchev–Trinajstić information content (AvgIpc) is 2.24. The van der Waals surface area contributed by atoms with Gasteiger partial charge in [-0.2, -0.15) is 4.39 Å². The first-order valence-electron chi connectivity index (χ1n) is 5.01. The van der Waals surface area contributed by atoms with E-state index < -0.39 is 12.0 Å². The fourth-order valence-corrected chi connectivity index (χ4v) is 1.27. The minimum absolute atomic E-state index is 0.0255. The number of halogens is 1. The van der Waals surface area contributed by atoms with Crippen molar-refractivity contribution in [2.45, 2.75) is 19.9 Å². The van der Waals surface area contributed by atoms with Crippen LogP contribution in [0.2, 0.25) is 0 Å². The molecule has 0 aliphatic heterocycles. The molecule has 5 heteroatoms. The number of carbonyl (C=O) groups excluding carboxylic acids is 1. The van der Waals surface area contributed by atoms with Crippen LogP contribution in [0.1, 0.15) is 13.8 Å². The van der Waals surface area contributed by atoms with Crippen molar-refractivity contribution in [3.05, 3.63) is 24.1 Å². The maximum atomic E-state index is 12.8. The van der Waals surface area contributed by atoms with Gasteiger partial charge in [0, 0.05) is 0 Å². The van der Waals surface area contributed by atoms with E-state index in [-0.39, 0.29) is 11.9 Å². The van der Waals surface area contributed by atoms with Gasteiger partial charge in [-0.3, -0.25) is 0 Å². The van der Waals surface area contributed by atoms with Crippen molar-refractivity contribution in [1.29, 1.82) is 0 Å². The predicted octanol–water partition coefficient (Wildman–Crippen LogP) is 1.83. The number of methoxy groups -OCH3 is 1. The number of anilines is 1. The highest BCUT2D eigenvalue weighted by Gasteiger charge is 2.23. The Morgan fingerprint density at radius 2 is 2.19 bits per heavy atom. The molecule has 0 saturated heterocycles. The molecule has 0 aliphatic rings. The number of rotatable bonds is 4. The first kappa shape index (κ1) is 12.4. The minimum atomic E-state index is -0.586. The van der Waals surface area contributed by atoms with E-state index in [1.165, 1.54) is 19.2 Å². The van der Waals surface area contributed by atoms with Gasteiger partial charge in [0.15, 0.2) is 0 Å². The Morgan fingerprint density at radius 3 is 2.69 bits per heavy atom. The van der Waals surface area contributed by atoms with E-state index in [1.54, 1.807) is 6.07 Å². The van der Waals surface area contributed by atoms with Gasteiger partial charge in [-0.05, 0) is 18.1 Å². The lowest BCUT2D eigenvalue weighted by Gasteiger charge is -2.20.